The Morgan fingerprint density at radius 1 is 0.966 bits per heavy atom. The highest BCUT2D eigenvalue weighted by molar-refractivity contribution is 7.89. The fourth-order valence-electron chi connectivity index (χ4n) is 2.28. The molecule has 0 aliphatic carbocycles. The van der Waals surface area contributed by atoms with Gasteiger partial charge in [-0.1, -0.05) is 12.1 Å². The molecule has 2 aromatic carbocycles. The predicted octanol–water partition coefficient (Wildman–Crippen LogP) is 1.69. The third-order valence-corrected chi connectivity index (χ3v) is 5.46. The third-order valence-electron chi connectivity index (χ3n) is 3.65. The molecule has 0 aliphatic rings. The minimum atomic E-state index is -3.70. The van der Waals surface area contributed by atoms with Crippen molar-refractivity contribution >= 4 is 39.2 Å². The summed E-state index contributed by atoms with van der Waals surface area (Å²) in [6.45, 7) is 0.803. The lowest BCUT2D eigenvalue weighted by Gasteiger charge is -2.12. The molecule has 0 bridgehead atoms. The maximum atomic E-state index is 12.2. The number of hydrogen-bond donors (Lipinski definition) is 2. The molecule has 154 valence electrons. The molecular formula is C19H21N3O6S. The number of ether oxygens (including phenoxy) is 1. The maximum Gasteiger partial charge on any atom is 0.338 e. The number of amides is 2. The molecule has 0 saturated carbocycles. The molecule has 9 nitrogen and oxygen atoms in total. The smallest absolute Gasteiger partial charge is 0.338 e. The molecular weight excluding hydrogens is 398 g/mol. The Bertz CT molecular complexity index is 1030. The second kappa shape index (κ2) is 9.30. The van der Waals surface area contributed by atoms with Crippen molar-refractivity contribution in [2.24, 2.45) is 0 Å². The lowest BCUT2D eigenvalue weighted by Crippen LogP contribution is -2.23. The average Bonchev–Trinajstić information content (AvgIpc) is 2.65. The Morgan fingerprint density at radius 3 is 2.21 bits per heavy atom. The summed E-state index contributed by atoms with van der Waals surface area (Å²) in [5, 5.41) is 5.13. The topological polar surface area (TPSA) is 122 Å². The summed E-state index contributed by atoms with van der Waals surface area (Å²) >= 11 is 0. The first-order valence-electron chi connectivity index (χ1n) is 8.47. The Morgan fingerprint density at radius 2 is 1.59 bits per heavy atom. The van der Waals surface area contributed by atoms with Crippen LogP contribution in [0.5, 0.6) is 0 Å². The van der Waals surface area contributed by atoms with Crippen molar-refractivity contribution in [2.45, 2.75) is 11.8 Å². The van der Waals surface area contributed by atoms with Crippen LogP contribution in [-0.2, 0) is 24.3 Å². The van der Waals surface area contributed by atoms with Crippen molar-refractivity contribution in [2.75, 3.05) is 31.3 Å². The van der Waals surface area contributed by atoms with Gasteiger partial charge >= 0.3 is 5.97 Å². The highest BCUT2D eigenvalue weighted by Crippen LogP contribution is 2.16. The largest absolute Gasteiger partial charge is 0.452 e. The van der Waals surface area contributed by atoms with Crippen molar-refractivity contribution in [1.29, 1.82) is 0 Å². The van der Waals surface area contributed by atoms with E-state index in [0.717, 1.165) is 4.31 Å². The second-order valence-corrected chi connectivity index (χ2v) is 8.35. The summed E-state index contributed by atoms with van der Waals surface area (Å²) in [6, 6.07) is 11.8. The number of esters is 1. The lowest BCUT2D eigenvalue weighted by atomic mass is 10.2. The van der Waals surface area contributed by atoms with Gasteiger partial charge in [-0.15, -0.1) is 0 Å². The summed E-state index contributed by atoms with van der Waals surface area (Å²) < 4.78 is 30.3. The molecule has 10 heteroatoms. The normalized spacial score (nSPS) is 11.0. The van der Waals surface area contributed by atoms with E-state index >= 15 is 0 Å². The standard InChI is InChI=1S/C19H21N3O6S/c1-13(23)20-15-7-5-8-16(11-15)21-18(24)12-28-19(25)14-6-4-9-17(10-14)29(26,27)22(2)3/h4-11H,12H2,1-3H3,(H,20,23)(H,21,24). The van der Waals surface area contributed by atoms with Gasteiger partial charge in [-0.25, -0.2) is 17.5 Å². The Balaban J connectivity index is 1.99. The van der Waals surface area contributed by atoms with E-state index in [-0.39, 0.29) is 16.4 Å². The Hall–Kier alpha value is -3.24. The van der Waals surface area contributed by atoms with Crippen LogP contribution in [0.4, 0.5) is 11.4 Å². The molecule has 0 saturated heterocycles. The quantitative estimate of drug-likeness (QED) is 0.659. The summed E-state index contributed by atoms with van der Waals surface area (Å²) in [7, 11) is -0.940. The number of benzene rings is 2. The van der Waals surface area contributed by atoms with Gasteiger partial charge in [0.25, 0.3) is 5.91 Å². The molecule has 29 heavy (non-hydrogen) atoms. The molecule has 0 radical (unpaired) electrons. The fourth-order valence-corrected chi connectivity index (χ4v) is 3.23. The van der Waals surface area contributed by atoms with Crippen molar-refractivity contribution in [3.63, 3.8) is 0 Å². The molecule has 0 fully saturated rings. The van der Waals surface area contributed by atoms with E-state index in [2.05, 4.69) is 10.6 Å². The van der Waals surface area contributed by atoms with Crippen molar-refractivity contribution < 1.29 is 27.5 Å². The van der Waals surface area contributed by atoms with Crippen LogP contribution in [0.2, 0.25) is 0 Å². The number of nitrogens with zero attached hydrogens (tertiary/aromatic N) is 1. The zero-order valence-corrected chi connectivity index (χ0v) is 16.9. The number of carbonyl (C=O) groups is 3. The second-order valence-electron chi connectivity index (χ2n) is 6.20. The van der Waals surface area contributed by atoms with E-state index in [1.54, 1.807) is 24.3 Å². The minimum absolute atomic E-state index is 0.00776. The Labute approximate surface area is 168 Å². The van der Waals surface area contributed by atoms with Crippen molar-refractivity contribution in [3.05, 3.63) is 54.1 Å². The van der Waals surface area contributed by atoms with Crippen LogP contribution < -0.4 is 10.6 Å². The molecule has 0 aliphatic heterocycles. The molecule has 0 spiro atoms. The van der Waals surface area contributed by atoms with Crippen LogP contribution in [-0.4, -0.2) is 51.2 Å². The number of nitrogens with one attached hydrogen (secondary N) is 2. The van der Waals surface area contributed by atoms with E-state index in [9.17, 15) is 22.8 Å². The summed E-state index contributed by atoms with van der Waals surface area (Å²) in [4.78, 5) is 35.2. The van der Waals surface area contributed by atoms with Gasteiger partial charge in [0.05, 0.1) is 10.5 Å². The van der Waals surface area contributed by atoms with Crippen LogP contribution in [0.15, 0.2) is 53.4 Å². The first kappa shape index (κ1) is 22.1. The SMILES string of the molecule is CC(=O)Nc1cccc(NC(=O)COC(=O)c2cccc(S(=O)(=O)N(C)C)c2)c1. The molecule has 2 rings (SSSR count). The molecule has 0 unspecified atom stereocenters. The average molecular weight is 419 g/mol. The van der Waals surface area contributed by atoms with Crippen molar-refractivity contribution in [1.82, 2.24) is 4.31 Å². The summed E-state index contributed by atoms with van der Waals surface area (Å²) in [5.41, 5.74) is 0.927. The molecule has 2 amide bonds. The van der Waals surface area contributed by atoms with Gasteiger partial charge in [-0.3, -0.25) is 9.59 Å². The van der Waals surface area contributed by atoms with Crippen LogP contribution in [0.25, 0.3) is 0 Å². The third kappa shape index (κ3) is 6.13. The summed E-state index contributed by atoms with van der Waals surface area (Å²) in [6.07, 6.45) is 0. The van der Waals surface area contributed by atoms with Gasteiger partial charge in [0.15, 0.2) is 6.61 Å². The lowest BCUT2D eigenvalue weighted by molar-refractivity contribution is -0.119. The first-order chi connectivity index (χ1) is 13.6. The monoisotopic (exact) mass is 419 g/mol. The van der Waals surface area contributed by atoms with Crippen LogP contribution in [0, 0.1) is 0 Å². The van der Waals surface area contributed by atoms with Gasteiger partial charge in [-0.2, -0.15) is 0 Å². The number of carbonyl (C=O) groups excluding carboxylic acids is 3. The first-order valence-corrected chi connectivity index (χ1v) is 9.91. The van der Waals surface area contributed by atoms with Gasteiger partial charge in [-0.05, 0) is 36.4 Å². The number of sulfonamides is 1. The number of anilines is 2. The van der Waals surface area contributed by atoms with Crippen LogP contribution in [0.1, 0.15) is 17.3 Å². The van der Waals surface area contributed by atoms with E-state index in [4.69, 9.17) is 4.74 Å². The molecule has 2 aromatic rings. The van der Waals surface area contributed by atoms with Gasteiger partial charge in [0.2, 0.25) is 15.9 Å². The highest BCUT2D eigenvalue weighted by Gasteiger charge is 2.19. The highest BCUT2D eigenvalue weighted by atomic mass is 32.2. The van der Waals surface area contributed by atoms with E-state index in [1.807, 2.05) is 0 Å². The molecule has 0 atom stereocenters. The number of hydrogen-bond acceptors (Lipinski definition) is 6. The predicted molar refractivity (Wildman–Crippen MR) is 107 cm³/mol. The van der Waals surface area contributed by atoms with Gasteiger partial charge < -0.3 is 15.4 Å². The maximum absolute atomic E-state index is 12.2. The van der Waals surface area contributed by atoms with E-state index < -0.39 is 28.5 Å². The van der Waals surface area contributed by atoms with Gasteiger partial charge in [0, 0.05) is 32.4 Å². The van der Waals surface area contributed by atoms with E-state index in [0.29, 0.717) is 11.4 Å². The zero-order chi connectivity index (χ0) is 21.6. The van der Waals surface area contributed by atoms with Gasteiger partial charge in [0.1, 0.15) is 0 Å². The summed E-state index contributed by atoms with van der Waals surface area (Å²) in [5.74, 6) is -1.67. The van der Waals surface area contributed by atoms with E-state index in [1.165, 1.54) is 45.3 Å². The molecule has 2 N–H and O–H groups in total. The minimum Gasteiger partial charge on any atom is -0.452 e. The zero-order valence-electron chi connectivity index (χ0n) is 16.1. The molecule has 0 aromatic heterocycles. The van der Waals surface area contributed by atoms with Crippen molar-refractivity contribution in [3.8, 4) is 0 Å². The Kier molecular flexibility index (Phi) is 7.08. The van der Waals surface area contributed by atoms with Crippen LogP contribution >= 0.6 is 0 Å². The fraction of sp³-hybridized carbons (Fsp3) is 0.211. The molecule has 0 heterocycles. The number of rotatable bonds is 7. The van der Waals surface area contributed by atoms with Crippen LogP contribution in [0.3, 0.4) is 0 Å².